The van der Waals surface area contributed by atoms with Gasteiger partial charge in [-0.15, -0.1) is 0 Å². The second-order valence-electron chi connectivity index (χ2n) is 6.86. The van der Waals surface area contributed by atoms with Crippen LogP contribution >= 0.6 is 11.6 Å². The van der Waals surface area contributed by atoms with E-state index in [9.17, 15) is 4.55 Å². The van der Waals surface area contributed by atoms with E-state index in [1.807, 2.05) is 26.8 Å². The number of methoxy groups -OCH3 is 1. The molecule has 162 valence electrons. The molecule has 3 rings (SSSR count). The zero-order valence-corrected chi connectivity index (χ0v) is 18.8. The van der Waals surface area contributed by atoms with Gasteiger partial charge in [0.1, 0.15) is 12.4 Å². The lowest BCUT2D eigenvalue weighted by molar-refractivity contribution is 0.217. The molecule has 1 aromatic carbocycles. The highest BCUT2D eigenvalue weighted by Gasteiger charge is 2.17. The maximum absolute atomic E-state index is 12.0. The largest absolute Gasteiger partial charge is 0.593 e. The second-order valence-corrected chi connectivity index (χ2v) is 8.57. The number of hydrogen-bond donors (Lipinski definition) is 1. The van der Waals surface area contributed by atoms with Crippen LogP contribution in [0.25, 0.3) is 11.0 Å². The van der Waals surface area contributed by atoms with E-state index < -0.39 is 11.4 Å². The maximum Gasteiger partial charge on any atom is 0.220 e. The van der Waals surface area contributed by atoms with Crippen molar-refractivity contribution in [1.29, 1.82) is 0 Å². The number of benzene rings is 1. The lowest BCUT2D eigenvalue weighted by Crippen LogP contribution is -2.20. The molecule has 1 N–H and O–H groups in total. The topological polar surface area (TPSA) is 102 Å². The minimum Gasteiger partial charge on any atom is -0.593 e. The van der Waals surface area contributed by atoms with E-state index in [0.717, 1.165) is 11.1 Å². The number of hydrogen-bond acceptors (Lipinski definition) is 8. The van der Waals surface area contributed by atoms with Gasteiger partial charge in [0.25, 0.3) is 0 Å². The van der Waals surface area contributed by atoms with Crippen molar-refractivity contribution in [2.45, 2.75) is 33.5 Å². The average Bonchev–Trinajstić information content (AvgIpc) is 3.07. The third kappa shape index (κ3) is 5.69. The minimum absolute atomic E-state index is 0.0483. The molecule has 0 saturated heterocycles. The first-order valence-electron chi connectivity index (χ1n) is 9.35. The van der Waals surface area contributed by atoms with E-state index in [1.54, 1.807) is 25.4 Å². The molecular formula is C20H24ClN3O5S. The van der Waals surface area contributed by atoms with Gasteiger partial charge in [-0.1, -0.05) is 16.8 Å². The zero-order chi connectivity index (χ0) is 21.7. The summed E-state index contributed by atoms with van der Waals surface area (Å²) < 4.78 is 36.6. The van der Waals surface area contributed by atoms with Gasteiger partial charge in [0.05, 0.1) is 35.7 Å². The quantitative estimate of drug-likeness (QED) is 0.454. The molecule has 1 unspecified atom stereocenters. The predicted molar refractivity (Wildman–Crippen MR) is 117 cm³/mol. The summed E-state index contributed by atoms with van der Waals surface area (Å²) in [4.78, 5) is 4.30. The molecule has 10 heteroatoms. The van der Waals surface area contributed by atoms with Gasteiger partial charge in [-0.2, -0.15) is 4.72 Å². The third-order valence-electron chi connectivity index (χ3n) is 4.07. The van der Waals surface area contributed by atoms with E-state index in [4.69, 9.17) is 30.3 Å². The van der Waals surface area contributed by atoms with Gasteiger partial charge < -0.3 is 23.3 Å². The molecular weight excluding hydrogens is 430 g/mol. The predicted octanol–water partition coefficient (Wildman–Crippen LogP) is 4.27. The van der Waals surface area contributed by atoms with Gasteiger partial charge in [0, 0.05) is 23.3 Å². The molecule has 0 bridgehead atoms. The summed E-state index contributed by atoms with van der Waals surface area (Å²) in [5, 5.41) is 5.07. The Kier molecular flexibility index (Phi) is 7.65. The summed E-state index contributed by atoms with van der Waals surface area (Å²) in [5.41, 5.74) is 2.13. The van der Waals surface area contributed by atoms with Gasteiger partial charge in [0.2, 0.25) is 11.7 Å². The fourth-order valence-corrected chi connectivity index (χ4v) is 3.63. The number of ether oxygens (including phenoxy) is 3. The minimum atomic E-state index is -1.34. The fourth-order valence-electron chi connectivity index (χ4n) is 2.63. The average molecular weight is 454 g/mol. The Morgan fingerprint density at radius 3 is 2.80 bits per heavy atom. The highest BCUT2D eigenvalue weighted by atomic mass is 35.5. The number of halogens is 1. The van der Waals surface area contributed by atoms with Crippen molar-refractivity contribution < 1.29 is 23.3 Å². The first-order chi connectivity index (χ1) is 14.4. The number of pyridine rings is 1. The highest BCUT2D eigenvalue weighted by molar-refractivity contribution is 7.92. The Morgan fingerprint density at radius 2 is 2.10 bits per heavy atom. The first-order valence-corrected chi connectivity index (χ1v) is 11.0. The van der Waals surface area contributed by atoms with E-state index in [1.165, 1.54) is 0 Å². The molecule has 30 heavy (non-hydrogen) atoms. The van der Waals surface area contributed by atoms with Crippen LogP contribution in [-0.4, -0.2) is 40.3 Å². The molecule has 0 amide bonds. The van der Waals surface area contributed by atoms with Crippen LogP contribution in [0, 0.1) is 6.92 Å². The van der Waals surface area contributed by atoms with E-state index >= 15 is 0 Å². The normalized spacial score (nSPS) is 12.4. The molecule has 3 aromatic rings. The Hall–Kier alpha value is -2.20. The fraction of sp³-hybridized carbons (Fsp3) is 0.400. The molecule has 2 heterocycles. The van der Waals surface area contributed by atoms with Crippen molar-refractivity contribution in [3.63, 3.8) is 0 Å². The number of fused-ring (bicyclic) bond motifs is 1. The Bertz CT molecular complexity index is 998. The molecule has 0 spiro atoms. The number of aromatic nitrogens is 2. The van der Waals surface area contributed by atoms with Crippen LogP contribution in [0.3, 0.4) is 0 Å². The van der Waals surface area contributed by atoms with Crippen LogP contribution in [0.5, 0.6) is 11.6 Å². The SMILES string of the molecule is COCC[S+]([O-])Nc1noc2cc(COc3cnc(OC(C)C)c(C)c3)c(Cl)cc12. The molecule has 0 saturated carbocycles. The highest BCUT2D eigenvalue weighted by Crippen LogP contribution is 2.31. The second kappa shape index (κ2) is 10.2. The molecule has 2 aromatic heterocycles. The van der Waals surface area contributed by atoms with Crippen LogP contribution in [0.1, 0.15) is 25.0 Å². The molecule has 0 radical (unpaired) electrons. The third-order valence-corrected chi connectivity index (χ3v) is 5.38. The van der Waals surface area contributed by atoms with Crippen molar-refractivity contribution in [2.75, 3.05) is 24.2 Å². The summed E-state index contributed by atoms with van der Waals surface area (Å²) in [5.74, 6) is 1.89. The van der Waals surface area contributed by atoms with Gasteiger partial charge in [0.15, 0.2) is 11.3 Å². The molecule has 8 nitrogen and oxygen atoms in total. The monoisotopic (exact) mass is 453 g/mol. The van der Waals surface area contributed by atoms with Crippen molar-refractivity contribution in [1.82, 2.24) is 10.1 Å². The molecule has 0 aliphatic rings. The number of rotatable bonds is 10. The lowest BCUT2D eigenvalue weighted by atomic mass is 10.2. The number of anilines is 1. The van der Waals surface area contributed by atoms with Crippen molar-refractivity contribution in [3.05, 3.63) is 40.5 Å². The van der Waals surface area contributed by atoms with Crippen molar-refractivity contribution in [3.8, 4) is 11.6 Å². The Morgan fingerprint density at radius 1 is 1.30 bits per heavy atom. The first kappa shape index (κ1) is 22.5. The summed E-state index contributed by atoms with van der Waals surface area (Å²) in [7, 11) is 1.55. The summed E-state index contributed by atoms with van der Waals surface area (Å²) in [6, 6.07) is 5.33. The number of nitrogens with one attached hydrogen (secondary N) is 1. The van der Waals surface area contributed by atoms with Gasteiger partial charge in [-0.25, -0.2) is 4.98 Å². The van der Waals surface area contributed by atoms with Crippen LogP contribution in [0.15, 0.2) is 28.9 Å². The van der Waals surface area contributed by atoms with Crippen LogP contribution in [-0.2, 0) is 22.7 Å². The van der Waals surface area contributed by atoms with E-state index in [0.29, 0.717) is 45.8 Å². The smallest absolute Gasteiger partial charge is 0.220 e. The van der Waals surface area contributed by atoms with Crippen LogP contribution in [0.4, 0.5) is 5.82 Å². The molecule has 0 aliphatic carbocycles. The Labute approximate surface area is 183 Å². The zero-order valence-electron chi connectivity index (χ0n) is 17.2. The summed E-state index contributed by atoms with van der Waals surface area (Å²) in [6.07, 6.45) is 1.66. The van der Waals surface area contributed by atoms with E-state index in [2.05, 4.69) is 14.9 Å². The summed E-state index contributed by atoms with van der Waals surface area (Å²) in [6.45, 7) is 6.41. The Balaban J connectivity index is 1.70. The maximum atomic E-state index is 12.0. The number of nitrogens with zero attached hydrogens (tertiary/aromatic N) is 2. The van der Waals surface area contributed by atoms with E-state index in [-0.39, 0.29) is 12.7 Å². The lowest BCUT2D eigenvalue weighted by Gasteiger charge is -2.13. The van der Waals surface area contributed by atoms with Crippen LogP contribution in [0.2, 0.25) is 5.02 Å². The standard InChI is InChI=1S/C20H24ClN3O5S/c1-12(2)28-20-13(3)7-15(10-22-20)27-11-14-8-18-16(9-17(14)21)19(23-29-18)24-30(25)6-5-26-4/h7-10,12H,5-6,11H2,1-4H3,(H,23,24). The van der Waals surface area contributed by atoms with Gasteiger partial charge in [-0.3, -0.25) is 0 Å². The van der Waals surface area contributed by atoms with Crippen molar-refractivity contribution in [2.24, 2.45) is 0 Å². The van der Waals surface area contributed by atoms with Gasteiger partial charge >= 0.3 is 0 Å². The van der Waals surface area contributed by atoms with Gasteiger partial charge in [-0.05, 0) is 39.0 Å². The molecule has 0 fully saturated rings. The summed E-state index contributed by atoms with van der Waals surface area (Å²) >= 11 is 5.09. The van der Waals surface area contributed by atoms with Crippen molar-refractivity contribution >= 4 is 39.7 Å². The molecule has 0 aliphatic heterocycles. The molecule has 1 atom stereocenters. The van der Waals surface area contributed by atoms with Crippen LogP contribution < -0.4 is 14.2 Å². The number of aryl methyl sites for hydroxylation is 1.